The zero-order valence-electron chi connectivity index (χ0n) is 18.5. The Morgan fingerprint density at radius 3 is 2.74 bits per heavy atom. The van der Waals surface area contributed by atoms with Crippen molar-refractivity contribution < 1.29 is 16.1 Å². The Hall–Kier alpha value is -3.44. The highest BCUT2D eigenvalue weighted by atomic mass is 32.2. The van der Waals surface area contributed by atoms with Crippen molar-refractivity contribution in [2.24, 2.45) is 0 Å². The molecular formula is C23H28N6O3S2. The molecule has 180 valence electrons. The van der Waals surface area contributed by atoms with E-state index in [0.29, 0.717) is 6.54 Å². The molecule has 5 rings (SSSR count). The van der Waals surface area contributed by atoms with Gasteiger partial charge in [-0.3, -0.25) is 9.52 Å². The highest BCUT2D eigenvalue weighted by Gasteiger charge is 2.27. The number of para-hydroxylation sites is 1. The smallest absolute Gasteiger partial charge is 0.263 e. The molecule has 0 aliphatic carbocycles. The lowest BCUT2D eigenvalue weighted by molar-refractivity contribution is -0.124. The molecule has 3 heterocycles. The summed E-state index contributed by atoms with van der Waals surface area (Å²) in [4.78, 5) is 19.1. The van der Waals surface area contributed by atoms with Crippen molar-refractivity contribution in [3.8, 4) is 0 Å². The number of nitrogens with zero attached hydrogens (tertiary/aromatic N) is 4. The molecule has 0 bridgehead atoms. The van der Waals surface area contributed by atoms with Crippen LogP contribution in [0.4, 0.5) is 10.8 Å². The van der Waals surface area contributed by atoms with E-state index in [-0.39, 0.29) is 30.9 Å². The number of carbonyl (C=O) groups excluding carboxylic acids is 1. The van der Waals surface area contributed by atoms with E-state index in [1.165, 1.54) is 6.33 Å². The quantitative estimate of drug-likeness (QED) is 0.400. The Morgan fingerprint density at radius 2 is 1.97 bits per heavy atom. The molecule has 0 unspecified atom stereocenters. The zero-order valence-corrected chi connectivity index (χ0v) is 20.1. The number of sulfonamides is 1. The number of aromatic nitrogens is 3. The van der Waals surface area contributed by atoms with Gasteiger partial charge in [-0.25, -0.2) is 13.4 Å². The van der Waals surface area contributed by atoms with E-state index in [1.54, 1.807) is 24.3 Å². The molecule has 4 aromatic rings. The van der Waals surface area contributed by atoms with Gasteiger partial charge in [-0.15, -0.1) is 0 Å². The Labute approximate surface area is 204 Å². The predicted molar refractivity (Wildman–Crippen MR) is 137 cm³/mol. The van der Waals surface area contributed by atoms with E-state index >= 15 is 0 Å². The fraction of sp³-hybridized carbons (Fsp3) is 0.261. The van der Waals surface area contributed by atoms with E-state index in [0.717, 1.165) is 41.1 Å². The summed E-state index contributed by atoms with van der Waals surface area (Å²) in [6.45, 7) is 3.35. The highest BCUT2D eigenvalue weighted by molar-refractivity contribution is 7.93. The average molecular weight is 501 g/mol. The van der Waals surface area contributed by atoms with Gasteiger partial charge in [0, 0.05) is 50.9 Å². The Morgan fingerprint density at radius 1 is 1.18 bits per heavy atom. The summed E-state index contributed by atoms with van der Waals surface area (Å²) in [5.41, 5.74) is 1.95. The molecule has 11 heteroatoms. The molecule has 2 atom stereocenters. The number of hydrogen-bond acceptors (Lipinski definition) is 7. The first-order valence-electron chi connectivity index (χ1n) is 10.9. The first kappa shape index (κ1) is 22.4. The van der Waals surface area contributed by atoms with Crippen molar-refractivity contribution in [3.05, 3.63) is 67.1 Å². The van der Waals surface area contributed by atoms with Crippen LogP contribution in [0.1, 0.15) is 22.2 Å². The monoisotopic (exact) mass is 500 g/mol. The second-order valence-electron chi connectivity index (χ2n) is 8.24. The van der Waals surface area contributed by atoms with Crippen molar-refractivity contribution in [3.63, 3.8) is 0 Å². The van der Waals surface area contributed by atoms with Gasteiger partial charge < -0.3 is 14.8 Å². The molecule has 0 spiro atoms. The summed E-state index contributed by atoms with van der Waals surface area (Å²) < 4.78 is 33.2. The van der Waals surface area contributed by atoms with Crippen molar-refractivity contribution >= 4 is 49.2 Å². The Kier molecular flexibility index (Phi) is 5.96. The van der Waals surface area contributed by atoms with Crippen LogP contribution in [0.2, 0.25) is 0 Å². The molecule has 1 fully saturated rings. The molecule has 1 amide bonds. The van der Waals surface area contributed by atoms with Gasteiger partial charge in [-0.05, 0) is 55.1 Å². The van der Waals surface area contributed by atoms with Crippen LogP contribution in [0.5, 0.6) is 0 Å². The molecule has 1 aliphatic heterocycles. The van der Waals surface area contributed by atoms with Crippen molar-refractivity contribution in [2.75, 3.05) is 22.7 Å². The van der Waals surface area contributed by atoms with Gasteiger partial charge in [-0.1, -0.05) is 18.2 Å². The van der Waals surface area contributed by atoms with E-state index in [2.05, 4.69) is 24.3 Å². The van der Waals surface area contributed by atoms with Crippen molar-refractivity contribution in [2.45, 2.75) is 30.3 Å². The van der Waals surface area contributed by atoms with E-state index in [1.807, 2.05) is 48.0 Å². The molecular weight excluding hydrogens is 472 g/mol. The van der Waals surface area contributed by atoms with Gasteiger partial charge in [0.2, 0.25) is 11.0 Å². The lowest BCUT2D eigenvalue weighted by Crippen LogP contribution is -2.40. The third-order valence-corrected chi connectivity index (χ3v) is 8.12. The first-order valence-corrected chi connectivity index (χ1v) is 13.2. The predicted octanol–water partition coefficient (Wildman–Crippen LogP) is 3.74. The van der Waals surface area contributed by atoms with Crippen LogP contribution in [-0.2, 0) is 14.8 Å². The van der Waals surface area contributed by atoms with Crippen LogP contribution < -0.4 is 14.9 Å². The number of fused-ring (bicyclic) bond motifs is 1. The first-order chi connectivity index (χ1) is 16.4. The summed E-state index contributed by atoms with van der Waals surface area (Å²) in [6, 6.07) is 16.5. The van der Waals surface area contributed by atoms with Crippen molar-refractivity contribution in [1.29, 1.82) is 0 Å². The minimum absolute atomic E-state index is 0. The van der Waals surface area contributed by atoms with Gasteiger partial charge in [0.25, 0.3) is 10.0 Å². The van der Waals surface area contributed by atoms with Gasteiger partial charge in [0.15, 0.2) is 0 Å². The van der Waals surface area contributed by atoms with Crippen LogP contribution in [0.15, 0.2) is 72.0 Å². The summed E-state index contributed by atoms with van der Waals surface area (Å²) in [5, 5.41) is 4.51. The molecule has 0 radical (unpaired) electrons. The standard InChI is InChI=1S/C23H24N6O3S2.2H2/c1-16(29-13-10-17-4-2-3-5-21(17)29)22(30)26-18-11-12-28(14-18)19-6-8-20(9-7-19)34(31,32)27-23-24-15-25-33-23;;/h2-10,13,15-16,18H,11-12,14H2,1H3,(H,26,30)(H,24,25,27);2*1H/t16-,18-;;/m0../s1. The largest absolute Gasteiger partial charge is 0.369 e. The van der Waals surface area contributed by atoms with Crippen LogP contribution in [0, 0.1) is 0 Å². The van der Waals surface area contributed by atoms with E-state index < -0.39 is 10.0 Å². The number of carbonyl (C=O) groups is 1. The van der Waals surface area contributed by atoms with Gasteiger partial charge in [-0.2, -0.15) is 4.37 Å². The number of nitrogens with one attached hydrogen (secondary N) is 2. The van der Waals surface area contributed by atoms with E-state index in [4.69, 9.17) is 0 Å². The average Bonchev–Trinajstić information content (AvgIpc) is 3.60. The van der Waals surface area contributed by atoms with Crippen LogP contribution in [0.25, 0.3) is 10.9 Å². The van der Waals surface area contributed by atoms with E-state index in [9.17, 15) is 13.2 Å². The fourth-order valence-corrected chi connectivity index (χ4v) is 5.89. The SMILES string of the molecule is C[C@@H](C(=O)N[C@H]1CCN(c2ccc(S(=O)(=O)Nc3ncns3)cc2)C1)n1ccc2ccccc21.[HH].[HH]. The molecule has 0 saturated carbocycles. The number of anilines is 2. The third kappa shape index (κ3) is 4.48. The number of benzene rings is 2. The maximum absolute atomic E-state index is 12.9. The van der Waals surface area contributed by atoms with Gasteiger partial charge in [0.1, 0.15) is 12.4 Å². The molecule has 1 saturated heterocycles. The topological polar surface area (TPSA) is 109 Å². The lowest BCUT2D eigenvalue weighted by atomic mass is 10.2. The summed E-state index contributed by atoms with van der Waals surface area (Å²) in [7, 11) is -3.72. The minimum atomic E-state index is -3.72. The molecule has 2 N–H and O–H groups in total. The number of amides is 1. The second-order valence-corrected chi connectivity index (χ2v) is 10.7. The third-order valence-electron chi connectivity index (χ3n) is 6.06. The van der Waals surface area contributed by atoms with Crippen LogP contribution >= 0.6 is 11.5 Å². The molecule has 2 aromatic heterocycles. The Balaban J connectivity index is 0.00000180. The normalized spacial score (nSPS) is 17.1. The highest BCUT2D eigenvalue weighted by Crippen LogP contribution is 2.25. The molecule has 2 aromatic carbocycles. The van der Waals surface area contributed by atoms with Crippen LogP contribution in [-0.4, -0.2) is 47.4 Å². The van der Waals surface area contributed by atoms with Gasteiger partial charge in [0.05, 0.1) is 4.90 Å². The van der Waals surface area contributed by atoms with Crippen molar-refractivity contribution in [1.82, 2.24) is 19.2 Å². The molecule has 34 heavy (non-hydrogen) atoms. The zero-order chi connectivity index (χ0) is 23.7. The Bertz CT molecular complexity index is 1410. The van der Waals surface area contributed by atoms with Crippen LogP contribution in [0.3, 0.4) is 0 Å². The molecule has 1 aliphatic rings. The maximum Gasteiger partial charge on any atom is 0.263 e. The molecule has 9 nitrogen and oxygen atoms in total. The second kappa shape index (κ2) is 9.07. The summed E-state index contributed by atoms with van der Waals surface area (Å²) in [5.74, 6) is -0.0163. The number of rotatable bonds is 7. The minimum Gasteiger partial charge on any atom is -0.369 e. The fourth-order valence-electron chi connectivity index (χ4n) is 4.23. The summed E-state index contributed by atoms with van der Waals surface area (Å²) in [6.07, 6.45) is 4.07. The van der Waals surface area contributed by atoms with Gasteiger partial charge >= 0.3 is 0 Å². The summed E-state index contributed by atoms with van der Waals surface area (Å²) >= 11 is 0.979. The lowest BCUT2D eigenvalue weighted by Gasteiger charge is -2.21. The number of hydrogen-bond donors (Lipinski definition) is 2. The maximum atomic E-state index is 12.9.